The van der Waals surface area contributed by atoms with Gasteiger partial charge in [-0.25, -0.2) is 4.99 Å². The molecule has 2 heterocycles. The highest BCUT2D eigenvalue weighted by Crippen LogP contribution is 2.21. The Morgan fingerprint density at radius 2 is 2.42 bits per heavy atom. The molecule has 0 spiro atoms. The van der Waals surface area contributed by atoms with Gasteiger partial charge in [0.15, 0.2) is 0 Å². The quantitative estimate of drug-likeness (QED) is 0.651. The number of rotatable bonds is 1. The largest absolute Gasteiger partial charge is 0.475 e. The highest BCUT2D eigenvalue weighted by atomic mass is 32.1. The minimum atomic E-state index is -0.0444. The van der Waals surface area contributed by atoms with Gasteiger partial charge in [0.1, 0.15) is 6.61 Å². The van der Waals surface area contributed by atoms with Crippen LogP contribution in [-0.2, 0) is 4.74 Å². The van der Waals surface area contributed by atoms with E-state index >= 15 is 0 Å². The number of thiophene rings is 1. The standard InChI is InChI=1S/C9H11NOS/c1-9(2)6-11-8(10-9)7-3-4-12-5-7/h3-5H,6H2,1-2H3. The van der Waals surface area contributed by atoms with Crippen LogP contribution in [0.4, 0.5) is 0 Å². The minimum absolute atomic E-state index is 0.0444. The van der Waals surface area contributed by atoms with Gasteiger partial charge in [0.05, 0.1) is 5.54 Å². The van der Waals surface area contributed by atoms with Gasteiger partial charge in [0.25, 0.3) is 0 Å². The Bertz CT molecular complexity index is 300. The van der Waals surface area contributed by atoms with Gasteiger partial charge in [-0.15, -0.1) is 0 Å². The van der Waals surface area contributed by atoms with Crippen molar-refractivity contribution in [3.63, 3.8) is 0 Å². The van der Waals surface area contributed by atoms with E-state index in [1.54, 1.807) is 11.3 Å². The molecule has 2 nitrogen and oxygen atoms in total. The Morgan fingerprint density at radius 3 is 2.92 bits per heavy atom. The molecule has 1 aromatic heterocycles. The lowest BCUT2D eigenvalue weighted by Gasteiger charge is -2.07. The Kier molecular flexibility index (Phi) is 1.68. The molecule has 1 aliphatic rings. The lowest BCUT2D eigenvalue weighted by molar-refractivity contribution is 0.279. The van der Waals surface area contributed by atoms with Crippen LogP contribution in [0, 0.1) is 0 Å². The smallest absolute Gasteiger partial charge is 0.217 e. The Hall–Kier alpha value is -0.830. The average molecular weight is 181 g/mol. The summed E-state index contributed by atoms with van der Waals surface area (Å²) in [5, 5.41) is 4.09. The van der Waals surface area contributed by atoms with E-state index in [0.717, 1.165) is 11.5 Å². The maximum absolute atomic E-state index is 5.47. The summed E-state index contributed by atoms with van der Waals surface area (Å²) in [7, 11) is 0. The fraction of sp³-hybridized carbons (Fsp3) is 0.444. The maximum Gasteiger partial charge on any atom is 0.217 e. The third-order valence-electron chi connectivity index (χ3n) is 1.73. The first kappa shape index (κ1) is 7.80. The average Bonchev–Trinajstić information content (AvgIpc) is 2.55. The van der Waals surface area contributed by atoms with Crippen LogP contribution in [0.25, 0.3) is 0 Å². The second-order valence-electron chi connectivity index (χ2n) is 3.53. The van der Waals surface area contributed by atoms with Gasteiger partial charge in [0.2, 0.25) is 5.90 Å². The van der Waals surface area contributed by atoms with Gasteiger partial charge in [0, 0.05) is 10.9 Å². The van der Waals surface area contributed by atoms with Crippen LogP contribution >= 0.6 is 11.3 Å². The number of hydrogen-bond donors (Lipinski definition) is 0. The van der Waals surface area contributed by atoms with E-state index in [9.17, 15) is 0 Å². The summed E-state index contributed by atoms with van der Waals surface area (Å²) in [6.45, 7) is 4.84. The molecular weight excluding hydrogens is 170 g/mol. The summed E-state index contributed by atoms with van der Waals surface area (Å²) >= 11 is 1.67. The molecule has 0 fully saturated rings. The van der Waals surface area contributed by atoms with Crippen molar-refractivity contribution in [2.24, 2.45) is 4.99 Å². The molecule has 2 rings (SSSR count). The molecule has 0 radical (unpaired) electrons. The van der Waals surface area contributed by atoms with Gasteiger partial charge >= 0.3 is 0 Å². The van der Waals surface area contributed by atoms with E-state index in [1.165, 1.54) is 0 Å². The monoisotopic (exact) mass is 181 g/mol. The molecule has 1 aromatic rings. The van der Waals surface area contributed by atoms with Crippen molar-refractivity contribution in [1.82, 2.24) is 0 Å². The maximum atomic E-state index is 5.47. The Morgan fingerprint density at radius 1 is 1.58 bits per heavy atom. The summed E-state index contributed by atoms with van der Waals surface area (Å²) in [6.07, 6.45) is 0. The molecule has 1 aliphatic heterocycles. The van der Waals surface area contributed by atoms with Crippen LogP contribution in [0.5, 0.6) is 0 Å². The normalized spacial score (nSPS) is 20.3. The zero-order valence-corrected chi connectivity index (χ0v) is 8.02. The van der Waals surface area contributed by atoms with Crippen molar-refractivity contribution < 1.29 is 4.74 Å². The number of hydrogen-bond acceptors (Lipinski definition) is 3. The van der Waals surface area contributed by atoms with Gasteiger partial charge < -0.3 is 4.74 Å². The second-order valence-corrected chi connectivity index (χ2v) is 4.31. The fourth-order valence-electron chi connectivity index (χ4n) is 1.12. The molecule has 0 amide bonds. The Balaban J connectivity index is 2.28. The van der Waals surface area contributed by atoms with Crippen LogP contribution in [0.2, 0.25) is 0 Å². The van der Waals surface area contributed by atoms with Crippen molar-refractivity contribution in [1.29, 1.82) is 0 Å². The van der Waals surface area contributed by atoms with Crippen molar-refractivity contribution >= 4 is 17.2 Å². The summed E-state index contributed by atoms with van der Waals surface area (Å²) < 4.78 is 5.47. The summed E-state index contributed by atoms with van der Waals surface area (Å²) in [5.74, 6) is 0.793. The Labute approximate surface area is 75.9 Å². The molecule has 0 saturated heterocycles. The van der Waals surface area contributed by atoms with E-state index in [2.05, 4.69) is 24.2 Å². The molecule has 0 saturated carbocycles. The molecule has 0 atom stereocenters. The van der Waals surface area contributed by atoms with Crippen LogP contribution < -0.4 is 0 Å². The first-order valence-electron chi connectivity index (χ1n) is 3.93. The molecule has 0 unspecified atom stereocenters. The second kappa shape index (κ2) is 2.59. The van der Waals surface area contributed by atoms with Crippen LogP contribution in [0.1, 0.15) is 19.4 Å². The summed E-state index contributed by atoms with van der Waals surface area (Å²) in [5.41, 5.74) is 1.06. The van der Waals surface area contributed by atoms with E-state index < -0.39 is 0 Å². The highest BCUT2D eigenvalue weighted by molar-refractivity contribution is 7.08. The van der Waals surface area contributed by atoms with Crippen molar-refractivity contribution in [2.45, 2.75) is 19.4 Å². The fourth-order valence-corrected chi connectivity index (χ4v) is 1.75. The van der Waals surface area contributed by atoms with Crippen molar-refractivity contribution in [2.75, 3.05) is 6.61 Å². The third-order valence-corrected chi connectivity index (χ3v) is 2.42. The topological polar surface area (TPSA) is 21.6 Å². The predicted molar refractivity (Wildman–Crippen MR) is 50.9 cm³/mol. The number of nitrogens with zero attached hydrogens (tertiary/aromatic N) is 1. The van der Waals surface area contributed by atoms with E-state index in [4.69, 9.17) is 4.74 Å². The lowest BCUT2D eigenvalue weighted by Crippen LogP contribution is -2.17. The zero-order chi connectivity index (χ0) is 8.60. The first-order chi connectivity index (χ1) is 5.67. The first-order valence-corrected chi connectivity index (χ1v) is 4.87. The van der Waals surface area contributed by atoms with E-state index in [0.29, 0.717) is 6.61 Å². The number of ether oxygens (including phenoxy) is 1. The molecule has 3 heteroatoms. The van der Waals surface area contributed by atoms with Crippen LogP contribution in [0.3, 0.4) is 0 Å². The molecule has 0 N–H and O–H groups in total. The molecule has 0 bridgehead atoms. The lowest BCUT2D eigenvalue weighted by atomic mass is 10.1. The van der Waals surface area contributed by atoms with Gasteiger partial charge in [-0.2, -0.15) is 11.3 Å². The van der Waals surface area contributed by atoms with Crippen LogP contribution in [-0.4, -0.2) is 18.0 Å². The molecule has 0 aliphatic carbocycles. The third kappa shape index (κ3) is 1.37. The van der Waals surface area contributed by atoms with Gasteiger partial charge in [-0.05, 0) is 25.3 Å². The molecular formula is C9H11NOS. The van der Waals surface area contributed by atoms with Crippen molar-refractivity contribution in [3.8, 4) is 0 Å². The predicted octanol–water partition coefficient (Wildman–Crippen LogP) is 2.30. The van der Waals surface area contributed by atoms with Crippen LogP contribution in [0.15, 0.2) is 21.8 Å². The van der Waals surface area contributed by atoms with Gasteiger partial charge in [-0.1, -0.05) is 0 Å². The van der Waals surface area contributed by atoms with Gasteiger partial charge in [-0.3, -0.25) is 0 Å². The van der Waals surface area contributed by atoms with Crippen molar-refractivity contribution in [3.05, 3.63) is 22.4 Å². The molecule has 12 heavy (non-hydrogen) atoms. The van der Waals surface area contributed by atoms with E-state index in [1.807, 2.05) is 11.4 Å². The summed E-state index contributed by atoms with van der Waals surface area (Å²) in [6, 6.07) is 2.03. The SMILES string of the molecule is CC1(C)COC(c2ccsc2)=N1. The zero-order valence-electron chi connectivity index (χ0n) is 7.20. The number of aliphatic imine (C=N–C) groups is 1. The van der Waals surface area contributed by atoms with E-state index in [-0.39, 0.29) is 5.54 Å². The molecule has 64 valence electrons. The molecule has 0 aromatic carbocycles. The minimum Gasteiger partial charge on any atom is -0.475 e. The summed E-state index contributed by atoms with van der Waals surface area (Å²) in [4.78, 5) is 4.46. The highest BCUT2D eigenvalue weighted by Gasteiger charge is 2.26.